The summed E-state index contributed by atoms with van der Waals surface area (Å²) in [7, 11) is -1.86. The molecule has 0 atom stereocenters. The Kier molecular flexibility index (Phi) is 4.94. The molecule has 0 saturated carbocycles. The first-order chi connectivity index (χ1) is 9.19. The summed E-state index contributed by atoms with van der Waals surface area (Å²) in [6.45, 7) is 0. The molecule has 0 amide bonds. The van der Waals surface area contributed by atoms with E-state index in [2.05, 4.69) is 14.9 Å². The van der Waals surface area contributed by atoms with Gasteiger partial charge in [0.15, 0.2) is 0 Å². The van der Waals surface area contributed by atoms with E-state index < -0.39 is 25.2 Å². The number of ether oxygens (including phenoxy) is 1. The molecule has 20 heavy (non-hydrogen) atoms. The van der Waals surface area contributed by atoms with E-state index in [1.807, 2.05) is 0 Å². The third kappa shape index (κ3) is 5.16. The summed E-state index contributed by atoms with van der Waals surface area (Å²) in [4.78, 5) is 0. The Morgan fingerprint density at radius 2 is 1.95 bits per heavy atom. The lowest BCUT2D eigenvalue weighted by Crippen LogP contribution is -2.30. The Morgan fingerprint density at radius 1 is 1.30 bits per heavy atom. The fraction of sp³-hybridized carbons (Fsp3) is 0.111. The molecule has 0 bridgehead atoms. The first-order valence-electron chi connectivity index (χ1n) is 5.07. The third-order valence-electron chi connectivity index (χ3n) is 1.93. The second-order valence-corrected chi connectivity index (χ2v) is 3.49. The molecule has 0 aliphatic rings. The molecule has 0 fully saturated rings. The molecule has 0 aliphatic heterocycles. The standard InChI is InChI=1S/C9H10BF3N4O3/c11-9(12,13)20-7-2-1-6(10(18)19)3-5(7)4-16-17-8(14)15/h1-4,18-19H,(H4,14,15,17). The molecular formula is C9H10BF3N4O3. The summed E-state index contributed by atoms with van der Waals surface area (Å²) in [6.07, 6.45) is -4.02. The molecule has 0 aromatic heterocycles. The van der Waals surface area contributed by atoms with Crippen molar-refractivity contribution in [2.75, 3.05) is 0 Å². The molecule has 0 radical (unpaired) electrons. The summed E-state index contributed by atoms with van der Waals surface area (Å²) in [5.74, 6) is -0.977. The van der Waals surface area contributed by atoms with Gasteiger partial charge in [-0.3, -0.25) is 0 Å². The third-order valence-corrected chi connectivity index (χ3v) is 1.93. The van der Waals surface area contributed by atoms with Crippen LogP contribution in [0.15, 0.2) is 28.4 Å². The van der Waals surface area contributed by atoms with Crippen LogP contribution in [-0.4, -0.2) is 35.7 Å². The molecule has 0 aliphatic carbocycles. The van der Waals surface area contributed by atoms with E-state index in [0.717, 1.165) is 24.4 Å². The Bertz CT molecular complexity index is 530. The smallest absolute Gasteiger partial charge is 0.423 e. The largest absolute Gasteiger partial charge is 0.573 e. The van der Waals surface area contributed by atoms with Crippen molar-refractivity contribution in [3.8, 4) is 5.75 Å². The average molecular weight is 290 g/mol. The predicted molar refractivity (Wildman–Crippen MR) is 66.4 cm³/mol. The lowest BCUT2D eigenvalue weighted by atomic mass is 9.79. The Hall–Kier alpha value is -2.27. The highest BCUT2D eigenvalue weighted by Crippen LogP contribution is 2.24. The van der Waals surface area contributed by atoms with E-state index in [9.17, 15) is 13.2 Å². The van der Waals surface area contributed by atoms with Crippen molar-refractivity contribution in [2.24, 2.45) is 21.7 Å². The van der Waals surface area contributed by atoms with Crippen molar-refractivity contribution in [1.82, 2.24) is 0 Å². The molecule has 6 N–H and O–H groups in total. The second kappa shape index (κ2) is 6.26. The fourth-order valence-corrected chi connectivity index (χ4v) is 1.20. The quantitative estimate of drug-likeness (QED) is 0.241. The SMILES string of the molecule is NC(N)=NN=Cc1cc(B(O)O)ccc1OC(F)(F)F. The normalized spacial score (nSPS) is 11.4. The topological polar surface area (TPSA) is 126 Å². The van der Waals surface area contributed by atoms with E-state index in [4.69, 9.17) is 21.5 Å². The van der Waals surface area contributed by atoms with Crippen molar-refractivity contribution in [2.45, 2.75) is 6.36 Å². The number of nitrogens with two attached hydrogens (primary N) is 2. The van der Waals surface area contributed by atoms with Crippen molar-refractivity contribution >= 4 is 24.8 Å². The van der Waals surface area contributed by atoms with Gasteiger partial charge in [0.2, 0.25) is 5.96 Å². The lowest BCUT2D eigenvalue weighted by molar-refractivity contribution is -0.274. The van der Waals surface area contributed by atoms with E-state index in [1.165, 1.54) is 0 Å². The van der Waals surface area contributed by atoms with Crippen LogP contribution in [0.1, 0.15) is 5.56 Å². The summed E-state index contributed by atoms with van der Waals surface area (Å²) < 4.78 is 40.4. The minimum Gasteiger partial charge on any atom is -0.423 e. The van der Waals surface area contributed by atoms with E-state index in [-0.39, 0.29) is 11.0 Å². The Labute approximate surface area is 111 Å². The highest BCUT2D eigenvalue weighted by atomic mass is 19.4. The number of hydrogen-bond acceptors (Lipinski definition) is 5. The van der Waals surface area contributed by atoms with Crippen LogP contribution in [0.5, 0.6) is 5.75 Å². The molecule has 0 spiro atoms. The summed E-state index contributed by atoms with van der Waals surface area (Å²) in [5, 5.41) is 24.5. The maximum atomic E-state index is 12.2. The van der Waals surface area contributed by atoms with Gasteiger partial charge in [-0.2, -0.15) is 5.10 Å². The fourth-order valence-electron chi connectivity index (χ4n) is 1.20. The molecule has 7 nitrogen and oxygen atoms in total. The van der Waals surface area contributed by atoms with Crippen LogP contribution >= 0.6 is 0 Å². The first-order valence-corrected chi connectivity index (χ1v) is 5.07. The van der Waals surface area contributed by atoms with Crippen LogP contribution in [0.2, 0.25) is 0 Å². The number of halogens is 3. The van der Waals surface area contributed by atoms with Gasteiger partial charge in [-0.15, -0.1) is 18.3 Å². The minimum absolute atomic E-state index is 0.0503. The van der Waals surface area contributed by atoms with E-state index in [1.54, 1.807) is 0 Å². The maximum Gasteiger partial charge on any atom is 0.573 e. The molecule has 1 aromatic rings. The van der Waals surface area contributed by atoms with Crippen LogP contribution in [0.3, 0.4) is 0 Å². The van der Waals surface area contributed by atoms with Crippen LogP contribution in [0, 0.1) is 0 Å². The highest BCUT2D eigenvalue weighted by Gasteiger charge is 2.32. The highest BCUT2D eigenvalue weighted by molar-refractivity contribution is 6.58. The molecule has 11 heteroatoms. The monoisotopic (exact) mass is 290 g/mol. The van der Waals surface area contributed by atoms with Gasteiger partial charge < -0.3 is 26.3 Å². The number of hydrogen-bond donors (Lipinski definition) is 4. The lowest BCUT2D eigenvalue weighted by Gasteiger charge is -2.12. The van der Waals surface area contributed by atoms with E-state index >= 15 is 0 Å². The first kappa shape index (κ1) is 15.8. The van der Waals surface area contributed by atoms with Gasteiger partial charge in [-0.1, -0.05) is 6.07 Å². The summed E-state index contributed by atoms with van der Waals surface area (Å²) in [6, 6.07) is 3.01. The second-order valence-electron chi connectivity index (χ2n) is 3.49. The van der Waals surface area contributed by atoms with Gasteiger partial charge >= 0.3 is 13.5 Å². The van der Waals surface area contributed by atoms with Crippen LogP contribution in [0.4, 0.5) is 13.2 Å². The maximum absolute atomic E-state index is 12.2. The van der Waals surface area contributed by atoms with Gasteiger partial charge in [0.25, 0.3) is 0 Å². The van der Waals surface area contributed by atoms with Crippen LogP contribution in [-0.2, 0) is 0 Å². The van der Waals surface area contributed by atoms with Gasteiger partial charge in [-0.05, 0) is 17.6 Å². The van der Waals surface area contributed by atoms with Crippen molar-refractivity contribution in [3.63, 3.8) is 0 Å². The van der Waals surface area contributed by atoms with Gasteiger partial charge in [-0.25, -0.2) is 0 Å². The molecule has 1 rings (SSSR count). The zero-order valence-electron chi connectivity index (χ0n) is 9.87. The van der Waals surface area contributed by atoms with Gasteiger partial charge in [0.05, 0.1) is 6.21 Å². The predicted octanol–water partition coefficient (Wildman–Crippen LogP) is -1.13. The summed E-state index contributed by atoms with van der Waals surface area (Å²) in [5.41, 5.74) is 9.76. The number of rotatable bonds is 4. The van der Waals surface area contributed by atoms with Crippen LogP contribution < -0.4 is 21.7 Å². The van der Waals surface area contributed by atoms with Gasteiger partial charge in [0.1, 0.15) is 5.75 Å². The molecule has 0 heterocycles. The molecule has 1 aromatic carbocycles. The zero-order valence-corrected chi connectivity index (χ0v) is 9.87. The Balaban J connectivity index is 3.16. The van der Waals surface area contributed by atoms with Crippen molar-refractivity contribution in [3.05, 3.63) is 23.8 Å². The molecular weight excluding hydrogens is 280 g/mol. The Morgan fingerprint density at radius 3 is 2.45 bits per heavy atom. The molecule has 0 unspecified atom stereocenters. The van der Waals surface area contributed by atoms with Crippen molar-refractivity contribution in [1.29, 1.82) is 0 Å². The van der Waals surface area contributed by atoms with E-state index in [0.29, 0.717) is 0 Å². The number of guanidine groups is 1. The average Bonchev–Trinajstić information content (AvgIpc) is 2.28. The van der Waals surface area contributed by atoms with Gasteiger partial charge in [0, 0.05) is 5.56 Å². The zero-order chi connectivity index (χ0) is 15.3. The van der Waals surface area contributed by atoms with Crippen LogP contribution in [0.25, 0.3) is 0 Å². The number of alkyl halides is 3. The number of benzene rings is 1. The minimum atomic E-state index is -4.90. The molecule has 0 saturated heterocycles. The summed E-state index contributed by atoms with van der Waals surface area (Å²) >= 11 is 0. The molecule has 108 valence electrons. The van der Waals surface area contributed by atoms with Crippen molar-refractivity contribution < 1.29 is 28.0 Å². The number of nitrogens with zero attached hydrogens (tertiary/aromatic N) is 2.